The number of nitro groups is 2. The van der Waals surface area contributed by atoms with E-state index < -0.39 is 51.8 Å². The SMILES string of the molecule is CCOC(=O)C1=C(C)NC(=O)N[C@@H]1c1ccc(OCC(=O)N/N=C\c2ccccc2Oc2ccc([N+](=O)[O-])cc2[N+](=O)[O-])c(OC)c1. The van der Waals surface area contributed by atoms with Crippen LogP contribution >= 0.6 is 0 Å². The van der Waals surface area contributed by atoms with E-state index in [9.17, 15) is 34.6 Å². The first kappa shape index (κ1) is 33.4. The van der Waals surface area contributed by atoms with Gasteiger partial charge in [0.15, 0.2) is 18.1 Å². The zero-order valence-corrected chi connectivity index (χ0v) is 25.2. The lowest BCUT2D eigenvalue weighted by molar-refractivity contribution is -0.394. The highest BCUT2D eigenvalue weighted by Crippen LogP contribution is 2.36. The molecule has 3 N–H and O–H groups in total. The average Bonchev–Trinajstić information content (AvgIpc) is 3.04. The predicted molar refractivity (Wildman–Crippen MR) is 164 cm³/mol. The molecule has 3 amide bonds. The number of hydrogen-bond acceptors (Lipinski definition) is 12. The Morgan fingerprint density at radius 2 is 1.74 bits per heavy atom. The van der Waals surface area contributed by atoms with Crippen LogP contribution < -0.4 is 30.3 Å². The number of urea groups is 1. The average molecular weight is 649 g/mol. The van der Waals surface area contributed by atoms with E-state index in [0.717, 1.165) is 18.2 Å². The molecule has 4 rings (SSSR count). The molecular formula is C30H28N6O11. The highest BCUT2D eigenvalue weighted by molar-refractivity contribution is 5.95. The molecule has 0 fully saturated rings. The van der Waals surface area contributed by atoms with Crippen molar-refractivity contribution < 1.29 is 43.2 Å². The zero-order chi connectivity index (χ0) is 34.1. The highest BCUT2D eigenvalue weighted by Gasteiger charge is 2.32. The number of hydrazone groups is 1. The number of methoxy groups -OCH3 is 1. The number of ether oxygens (including phenoxy) is 4. The normalized spacial score (nSPS) is 14.1. The number of benzene rings is 3. The third kappa shape index (κ3) is 8.15. The van der Waals surface area contributed by atoms with Crippen molar-refractivity contribution in [3.63, 3.8) is 0 Å². The van der Waals surface area contributed by atoms with Gasteiger partial charge in [0.05, 0.1) is 47.5 Å². The Morgan fingerprint density at radius 3 is 2.45 bits per heavy atom. The summed E-state index contributed by atoms with van der Waals surface area (Å²) in [5, 5.41) is 31.6. The summed E-state index contributed by atoms with van der Waals surface area (Å²) in [6.07, 6.45) is 1.24. The minimum Gasteiger partial charge on any atom is -0.493 e. The number of nitrogens with one attached hydrogen (secondary N) is 3. The molecule has 3 aromatic carbocycles. The first-order valence-corrected chi connectivity index (χ1v) is 13.8. The third-order valence-corrected chi connectivity index (χ3v) is 6.53. The smallest absolute Gasteiger partial charge is 0.338 e. The molecule has 3 aromatic rings. The summed E-state index contributed by atoms with van der Waals surface area (Å²) in [6, 6.07) is 12.6. The number of carbonyl (C=O) groups excluding carboxylic acids is 3. The van der Waals surface area contributed by atoms with Gasteiger partial charge in [-0.3, -0.25) is 25.0 Å². The molecule has 244 valence electrons. The first-order valence-electron chi connectivity index (χ1n) is 13.8. The van der Waals surface area contributed by atoms with Crippen LogP contribution in [0.25, 0.3) is 0 Å². The molecule has 17 heteroatoms. The van der Waals surface area contributed by atoms with Crippen molar-refractivity contribution in [2.45, 2.75) is 19.9 Å². The summed E-state index contributed by atoms with van der Waals surface area (Å²) < 4.78 is 21.8. The lowest BCUT2D eigenvalue weighted by atomic mass is 9.95. The van der Waals surface area contributed by atoms with Crippen molar-refractivity contribution in [3.05, 3.63) is 103 Å². The van der Waals surface area contributed by atoms with Gasteiger partial charge in [0, 0.05) is 17.3 Å². The summed E-state index contributed by atoms with van der Waals surface area (Å²) >= 11 is 0. The van der Waals surface area contributed by atoms with Crippen molar-refractivity contribution in [1.82, 2.24) is 16.1 Å². The molecule has 0 aliphatic carbocycles. The summed E-state index contributed by atoms with van der Waals surface area (Å²) in [5.41, 5.74) is 2.61. The lowest BCUT2D eigenvalue weighted by Crippen LogP contribution is -2.45. The minimum atomic E-state index is -0.832. The third-order valence-electron chi connectivity index (χ3n) is 6.53. The maximum absolute atomic E-state index is 12.6. The van der Waals surface area contributed by atoms with Crippen LogP contribution in [0.2, 0.25) is 0 Å². The zero-order valence-electron chi connectivity index (χ0n) is 25.2. The topological polar surface area (TPSA) is 223 Å². The van der Waals surface area contributed by atoms with Crippen LogP contribution in [0.5, 0.6) is 23.0 Å². The van der Waals surface area contributed by atoms with Gasteiger partial charge in [-0.25, -0.2) is 15.0 Å². The fourth-order valence-electron chi connectivity index (χ4n) is 4.40. The van der Waals surface area contributed by atoms with Crippen LogP contribution in [0.4, 0.5) is 16.2 Å². The number of carbonyl (C=O) groups is 3. The van der Waals surface area contributed by atoms with Gasteiger partial charge in [-0.2, -0.15) is 5.10 Å². The van der Waals surface area contributed by atoms with Crippen molar-refractivity contribution in [2.75, 3.05) is 20.3 Å². The predicted octanol–water partition coefficient (Wildman–Crippen LogP) is 4.02. The molecule has 1 atom stereocenters. The molecule has 1 aliphatic heterocycles. The van der Waals surface area contributed by atoms with Gasteiger partial charge in [-0.05, 0) is 49.7 Å². The van der Waals surface area contributed by atoms with Crippen LogP contribution in [0.3, 0.4) is 0 Å². The summed E-state index contributed by atoms with van der Waals surface area (Å²) in [7, 11) is 1.38. The van der Waals surface area contributed by atoms with E-state index in [-0.39, 0.29) is 35.2 Å². The molecule has 47 heavy (non-hydrogen) atoms. The van der Waals surface area contributed by atoms with Gasteiger partial charge in [0.1, 0.15) is 5.75 Å². The van der Waals surface area contributed by atoms with Crippen LogP contribution in [-0.2, 0) is 14.3 Å². The van der Waals surface area contributed by atoms with Gasteiger partial charge >= 0.3 is 17.7 Å². The molecule has 0 saturated carbocycles. The van der Waals surface area contributed by atoms with E-state index in [0.29, 0.717) is 16.8 Å². The van der Waals surface area contributed by atoms with Gasteiger partial charge < -0.3 is 29.6 Å². The summed E-state index contributed by atoms with van der Waals surface area (Å²) in [6.45, 7) is 2.93. The molecule has 1 heterocycles. The van der Waals surface area contributed by atoms with E-state index in [1.807, 2.05) is 0 Å². The van der Waals surface area contributed by atoms with E-state index in [1.54, 1.807) is 44.2 Å². The number of rotatable bonds is 13. The number of amides is 3. The molecule has 0 radical (unpaired) electrons. The first-order chi connectivity index (χ1) is 22.5. The molecule has 0 saturated heterocycles. The number of hydrogen-bond donors (Lipinski definition) is 3. The van der Waals surface area contributed by atoms with Crippen molar-refractivity contribution >= 4 is 35.5 Å². The van der Waals surface area contributed by atoms with E-state index in [4.69, 9.17) is 18.9 Å². The Morgan fingerprint density at radius 1 is 1.00 bits per heavy atom. The van der Waals surface area contributed by atoms with Gasteiger partial charge in [0.25, 0.3) is 11.6 Å². The fourth-order valence-corrected chi connectivity index (χ4v) is 4.40. The standard InChI is InChI=1S/C30H28N6O11/c1-4-45-29(38)27-17(2)32-30(39)33-28(27)18-9-11-24(25(13-18)44-3)46-16-26(37)34-31-15-19-7-5-6-8-22(19)47-23-12-10-20(35(40)41)14-21(23)36(42)43/h5-15,28H,4,16H2,1-3H3,(H,34,37)(H2,32,33,39)/b31-15-/t28-/m1/s1. The highest BCUT2D eigenvalue weighted by atomic mass is 16.6. The summed E-state index contributed by atoms with van der Waals surface area (Å²) in [5.74, 6) is -0.933. The number of para-hydroxylation sites is 1. The Balaban J connectivity index is 1.42. The monoisotopic (exact) mass is 648 g/mol. The second-order valence-corrected chi connectivity index (χ2v) is 9.59. The molecule has 0 unspecified atom stereocenters. The second-order valence-electron chi connectivity index (χ2n) is 9.59. The number of nitro benzene ring substituents is 2. The number of non-ortho nitro benzene ring substituents is 1. The van der Waals surface area contributed by atoms with E-state index in [2.05, 4.69) is 21.2 Å². The van der Waals surface area contributed by atoms with Crippen molar-refractivity contribution in [2.24, 2.45) is 5.10 Å². The van der Waals surface area contributed by atoms with Crippen LogP contribution in [0.15, 0.2) is 77.0 Å². The van der Waals surface area contributed by atoms with E-state index in [1.165, 1.54) is 25.5 Å². The van der Waals surface area contributed by atoms with Crippen LogP contribution in [0, 0.1) is 20.2 Å². The number of allylic oxidation sites excluding steroid dienone is 1. The fraction of sp³-hybridized carbons (Fsp3) is 0.200. The van der Waals surface area contributed by atoms with Crippen LogP contribution in [-0.4, -0.2) is 54.3 Å². The molecule has 0 bridgehead atoms. The van der Waals surface area contributed by atoms with Gasteiger partial charge in [-0.1, -0.05) is 18.2 Å². The maximum Gasteiger partial charge on any atom is 0.338 e. The molecule has 0 spiro atoms. The molecule has 0 aromatic heterocycles. The Bertz CT molecular complexity index is 1790. The molecule has 1 aliphatic rings. The second kappa shape index (κ2) is 15.0. The quantitative estimate of drug-likeness (QED) is 0.104. The Hall–Kier alpha value is -6.52. The Labute approximate surface area is 266 Å². The van der Waals surface area contributed by atoms with Crippen molar-refractivity contribution in [3.8, 4) is 23.0 Å². The van der Waals surface area contributed by atoms with Gasteiger partial charge in [-0.15, -0.1) is 0 Å². The molecule has 17 nitrogen and oxygen atoms in total. The molecular weight excluding hydrogens is 620 g/mol. The van der Waals surface area contributed by atoms with Crippen molar-refractivity contribution in [1.29, 1.82) is 0 Å². The van der Waals surface area contributed by atoms with Crippen LogP contribution in [0.1, 0.15) is 31.0 Å². The van der Waals surface area contributed by atoms with E-state index >= 15 is 0 Å². The van der Waals surface area contributed by atoms with Gasteiger partial charge in [0.2, 0.25) is 5.75 Å². The Kier molecular flexibility index (Phi) is 10.6. The lowest BCUT2D eigenvalue weighted by Gasteiger charge is -2.28. The minimum absolute atomic E-state index is 0.129. The number of esters is 1. The number of nitrogens with zero attached hydrogens (tertiary/aromatic N) is 3. The largest absolute Gasteiger partial charge is 0.493 e. The summed E-state index contributed by atoms with van der Waals surface area (Å²) in [4.78, 5) is 58.2. The maximum atomic E-state index is 12.6.